The lowest BCUT2D eigenvalue weighted by Crippen LogP contribution is -2.05. The lowest BCUT2D eigenvalue weighted by Gasteiger charge is -2.16. The van der Waals surface area contributed by atoms with Gasteiger partial charge in [0.25, 0.3) is 0 Å². The summed E-state index contributed by atoms with van der Waals surface area (Å²) in [5, 5.41) is 19.1. The van der Waals surface area contributed by atoms with Crippen LogP contribution in [0.3, 0.4) is 0 Å². The third-order valence-corrected chi connectivity index (χ3v) is 4.08. The number of hydrogen-bond acceptors (Lipinski definition) is 2. The van der Waals surface area contributed by atoms with Gasteiger partial charge in [-0.15, -0.1) is 0 Å². The summed E-state index contributed by atoms with van der Waals surface area (Å²) in [6.07, 6.45) is -0.0727. The lowest BCUT2D eigenvalue weighted by atomic mass is 9.96. The van der Waals surface area contributed by atoms with Crippen LogP contribution in [0.5, 0.6) is 0 Å². The van der Waals surface area contributed by atoms with Crippen molar-refractivity contribution < 1.29 is 5.11 Å². The molecule has 1 N–H and O–H groups in total. The fourth-order valence-electron chi connectivity index (χ4n) is 1.97. The van der Waals surface area contributed by atoms with E-state index in [1.165, 1.54) is 0 Å². The van der Waals surface area contributed by atoms with Crippen molar-refractivity contribution in [2.24, 2.45) is 0 Å². The summed E-state index contributed by atoms with van der Waals surface area (Å²) in [6.45, 7) is 3.99. The number of aliphatic hydroxyl groups excluding tert-OH is 1. The number of aliphatic hydroxyl groups is 1. The van der Waals surface area contributed by atoms with Crippen LogP contribution in [0, 0.1) is 14.9 Å². The SMILES string of the molecule is C=C(Cc1ccc(C#N)cc1)C(O)c1ccccc1I. The first kappa shape index (κ1) is 14.8. The molecule has 0 aliphatic rings. The molecule has 0 aromatic heterocycles. The molecule has 20 heavy (non-hydrogen) atoms. The normalized spacial score (nSPS) is 11.7. The van der Waals surface area contributed by atoms with Gasteiger partial charge in [-0.25, -0.2) is 0 Å². The van der Waals surface area contributed by atoms with E-state index >= 15 is 0 Å². The predicted molar refractivity (Wildman–Crippen MR) is 88.1 cm³/mol. The molecule has 3 heteroatoms. The third-order valence-electron chi connectivity index (χ3n) is 3.10. The van der Waals surface area contributed by atoms with Crippen LogP contribution in [0.1, 0.15) is 22.8 Å². The summed E-state index contributed by atoms with van der Waals surface area (Å²) in [5.74, 6) is 0. The molecule has 2 aromatic rings. The van der Waals surface area contributed by atoms with Crippen LogP contribution in [-0.4, -0.2) is 5.11 Å². The second kappa shape index (κ2) is 6.69. The highest BCUT2D eigenvalue weighted by molar-refractivity contribution is 14.1. The van der Waals surface area contributed by atoms with Crippen molar-refractivity contribution in [3.63, 3.8) is 0 Å². The topological polar surface area (TPSA) is 44.0 Å². The van der Waals surface area contributed by atoms with Crippen molar-refractivity contribution in [2.75, 3.05) is 0 Å². The zero-order valence-electron chi connectivity index (χ0n) is 10.9. The van der Waals surface area contributed by atoms with E-state index in [-0.39, 0.29) is 0 Å². The smallest absolute Gasteiger partial charge is 0.101 e. The molecule has 0 fully saturated rings. The van der Waals surface area contributed by atoms with Crippen molar-refractivity contribution >= 4 is 22.6 Å². The Morgan fingerprint density at radius 1 is 1.20 bits per heavy atom. The fraction of sp³-hybridized carbons (Fsp3) is 0.118. The van der Waals surface area contributed by atoms with Crippen LogP contribution in [0.25, 0.3) is 0 Å². The van der Waals surface area contributed by atoms with Crippen molar-refractivity contribution in [1.82, 2.24) is 0 Å². The average Bonchev–Trinajstić information content (AvgIpc) is 2.48. The van der Waals surface area contributed by atoms with Gasteiger partial charge in [-0.05, 0) is 63.9 Å². The largest absolute Gasteiger partial charge is 0.384 e. The van der Waals surface area contributed by atoms with Crippen LogP contribution < -0.4 is 0 Å². The second-order valence-corrected chi connectivity index (χ2v) is 5.73. The minimum absolute atomic E-state index is 0.595. The maximum absolute atomic E-state index is 10.4. The van der Waals surface area contributed by atoms with Gasteiger partial charge in [0, 0.05) is 3.57 Å². The Morgan fingerprint density at radius 3 is 2.45 bits per heavy atom. The molecule has 0 saturated heterocycles. The van der Waals surface area contributed by atoms with E-state index in [1.54, 1.807) is 12.1 Å². The molecule has 2 nitrogen and oxygen atoms in total. The fourth-order valence-corrected chi connectivity index (χ4v) is 2.66. The van der Waals surface area contributed by atoms with E-state index in [0.29, 0.717) is 12.0 Å². The Morgan fingerprint density at radius 2 is 1.85 bits per heavy atom. The standard InChI is InChI=1S/C17H14INO/c1-12(10-13-6-8-14(11-19)9-7-13)17(20)15-4-2-3-5-16(15)18/h2-9,17,20H,1,10H2. The van der Waals surface area contributed by atoms with Gasteiger partial charge in [0.05, 0.1) is 11.6 Å². The van der Waals surface area contributed by atoms with Gasteiger partial charge in [-0.2, -0.15) is 5.26 Å². The molecule has 2 aromatic carbocycles. The maximum atomic E-state index is 10.4. The minimum atomic E-state index is -0.668. The van der Waals surface area contributed by atoms with Gasteiger partial charge in [0.1, 0.15) is 6.10 Å². The Bertz CT molecular complexity index is 655. The quantitative estimate of drug-likeness (QED) is 0.649. The highest BCUT2D eigenvalue weighted by atomic mass is 127. The average molecular weight is 375 g/mol. The van der Waals surface area contributed by atoms with E-state index in [0.717, 1.165) is 20.3 Å². The Labute approximate surface area is 132 Å². The summed E-state index contributed by atoms with van der Waals surface area (Å²) in [4.78, 5) is 0. The third kappa shape index (κ3) is 3.47. The number of hydrogen-bond donors (Lipinski definition) is 1. The highest BCUT2D eigenvalue weighted by Gasteiger charge is 2.14. The number of nitriles is 1. The van der Waals surface area contributed by atoms with Gasteiger partial charge >= 0.3 is 0 Å². The lowest BCUT2D eigenvalue weighted by molar-refractivity contribution is 0.212. The van der Waals surface area contributed by atoms with E-state index in [2.05, 4.69) is 35.2 Å². The van der Waals surface area contributed by atoms with E-state index in [4.69, 9.17) is 5.26 Å². The Balaban J connectivity index is 2.12. The molecular weight excluding hydrogens is 361 g/mol. The Hall–Kier alpha value is -1.64. The zero-order valence-corrected chi connectivity index (χ0v) is 13.0. The summed E-state index contributed by atoms with van der Waals surface area (Å²) < 4.78 is 1.03. The molecule has 0 bridgehead atoms. The number of halogens is 1. The molecule has 1 unspecified atom stereocenters. The van der Waals surface area contributed by atoms with Crippen LogP contribution in [0.4, 0.5) is 0 Å². The number of nitrogens with zero attached hydrogens (tertiary/aromatic N) is 1. The molecule has 0 aliphatic carbocycles. The maximum Gasteiger partial charge on any atom is 0.101 e. The molecular formula is C17H14INO. The van der Waals surface area contributed by atoms with Crippen LogP contribution >= 0.6 is 22.6 Å². The predicted octanol–water partition coefficient (Wildman–Crippen LogP) is 4.00. The molecule has 0 saturated carbocycles. The summed E-state index contributed by atoms with van der Waals surface area (Å²) in [5.41, 5.74) is 3.31. The first-order valence-electron chi connectivity index (χ1n) is 6.21. The van der Waals surface area contributed by atoms with Gasteiger partial charge in [0.15, 0.2) is 0 Å². The van der Waals surface area contributed by atoms with E-state index in [9.17, 15) is 5.11 Å². The number of rotatable bonds is 4. The number of benzene rings is 2. The molecule has 2 rings (SSSR count). The minimum Gasteiger partial charge on any atom is -0.384 e. The summed E-state index contributed by atoms with van der Waals surface area (Å²) in [6, 6.07) is 17.2. The van der Waals surface area contributed by atoms with Crippen molar-refractivity contribution in [3.05, 3.63) is 80.9 Å². The second-order valence-electron chi connectivity index (χ2n) is 4.57. The Kier molecular flexibility index (Phi) is 4.94. The molecule has 1 atom stereocenters. The monoisotopic (exact) mass is 375 g/mol. The van der Waals surface area contributed by atoms with Crippen molar-refractivity contribution in [2.45, 2.75) is 12.5 Å². The molecule has 0 heterocycles. The molecule has 0 spiro atoms. The first-order valence-corrected chi connectivity index (χ1v) is 7.29. The van der Waals surface area contributed by atoms with E-state index < -0.39 is 6.10 Å². The van der Waals surface area contributed by atoms with Gasteiger partial charge in [-0.3, -0.25) is 0 Å². The van der Waals surface area contributed by atoms with Crippen LogP contribution in [-0.2, 0) is 6.42 Å². The van der Waals surface area contributed by atoms with Crippen LogP contribution in [0.15, 0.2) is 60.7 Å². The first-order chi connectivity index (χ1) is 9.61. The molecule has 0 amide bonds. The molecule has 100 valence electrons. The summed E-state index contributed by atoms with van der Waals surface area (Å²) in [7, 11) is 0. The van der Waals surface area contributed by atoms with E-state index in [1.807, 2.05) is 36.4 Å². The summed E-state index contributed by atoms with van der Waals surface area (Å²) >= 11 is 2.21. The van der Waals surface area contributed by atoms with Crippen LogP contribution in [0.2, 0.25) is 0 Å². The molecule has 0 aliphatic heterocycles. The molecule has 0 radical (unpaired) electrons. The van der Waals surface area contributed by atoms with Crippen molar-refractivity contribution in [3.8, 4) is 6.07 Å². The highest BCUT2D eigenvalue weighted by Crippen LogP contribution is 2.27. The van der Waals surface area contributed by atoms with Gasteiger partial charge in [-0.1, -0.05) is 36.9 Å². The van der Waals surface area contributed by atoms with Gasteiger partial charge in [0.2, 0.25) is 0 Å². The van der Waals surface area contributed by atoms with Gasteiger partial charge < -0.3 is 5.11 Å². The zero-order chi connectivity index (χ0) is 14.5. The van der Waals surface area contributed by atoms with Crippen molar-refractivity contribution in [1.29, 1.82) is 5.26 Å².